The van der Waals surface area contributed by atoms with E-state index in [-0.39, 0.29) is 38.6 Å². The molecule has 1 amide bonds. The second-order valence-electron chi connectivity index (χ2n) is 7.24. The van der Waals surface area contributed by atoms with Crippen molar-refractivity contribution in [3.63, 3.8) is 0 Å². The molecule has 1 N–H and O–H groups in total. The normalized spacial score (nSPS) is 11.1. The first kappa shape index (κ1) is 29.2. The maximum absolute atomic E-state index is 12.0. The van der Waals surface area contributed by atoms with E-state index < -0.39 is 50.1 Å². The predicted octanol–water partition coefficient (Wildman–Crippen LogP) is -6.80. The second-order valence-corrected chi connectivity index (χ2v) is 7.24. The third kappa shape index (κ3) is 17.0. The molecule has 0 aliphatic carbocycles. The Hall–Kier alpha value is -2.77. The van der Waals surface area contributed by atoms with Crippen LogP contribution in [0.5, 0.6) is 0 Å². The van der Waals surface area contributed by atoms with Crippen LogP contribution < -0.4 is 25.7 Å². The average Bonchev–Trinajstić information content (AvgIpc) is 2.65. The van der Waals surface area contributed by atoms with Gasteiger partial charge in [-0.05, 0) is 6.42 Å². The molecule has 0 heterocycles. The number of unbranched alkanes of at least 4 members (excludes halogenated alkanes) is 2. The summed E-state index contributed by atoms with van der Waals surface area (Å²) in [5, 5.41) is 46.2. The number of nitrogens with one attached hydrogen (secondary N) is 1. The van der Waals surface area contributed by atoms with E-state index in [1.807, 2.05) is 6.92 Å². The highest BCUT2D eigenvalue weighted by Crippen LogP contribution is 1.97. The Morgan fingerprint density at radius 3 is 1.38 bits per heavy atom. The van der Waals surface area contributed by atoms with Gasteiger partial charge in [0.15, 0.2) is 0 Å². The Bertz CT molecular complexity index is 614. The quantitative estimate of drug-likeness (QED) is 0.169. The Morgan fingerprint density at radius 2 is 0.969 bits per heavy atom. The molecule has 0 saturated carbocycles. The van der Waals surface area contributed by atoms with Gasteiger partial charge in [-0.25, -0.2) is 0 Å². The van der Waals surface area contributed by atoms with Gasteiger partial charge in [-0.3, -0.25) is 19.5 Å². The minimum atomic E-state index is -1.51. The molecule has 0 aliphatic heterocycles. The smallest absolute Gasteiger partial charge is 0.234 e. The van der Waals surface area contributed by atoms with Crippen LogP contribution in [0.1, 0.15) is 26.2 Å². The SMILES string of the molecule is CCCCCNC(=O)CN(CCN(CCN(CC(=O)[O-])CC(=O)[O-])CC(=O)[O-])CC(=O)[O-]. The number of hydrogen-bond donors (Lipinski definition) is 1. The van der Waals surface area contributed by atoms with Gasteiger partial charge in [0.1, 0.15) is 0 Å². The highest BCUT2D eigenvalue weighted by molar-refractivity contribution is 5.78. The van der Waals surface area contributed by atoms with E-state index in [1.54, 1.807) is 0 Å². The first-order chi connectivity index (χ1) is 15.0. The van der Waals surface area contributed by atoms with E-state index in [2.05, 4.69) is 5.32 Å². The second kappa shape index (κ2) is 16.9. The number of aliphatic carboxylic acids is 4. The summed E-state index contributed by atoms with van der Waals surface area (Å²) in [6, 6.07) is 0. The van der Waals surface area contributed by atoms with Crippen LogP contribution in [0, 0.1) is 0 Å². The molecule has 0 aliphatic rings. The van der Waals surface area contributed by atoms with Gasteiger partial charge < -0.3 is 44.9 Å². The molecule has 184 valence electrons. The molecule has 0 aromatic carbocycles. The Morgan fingerprint density at radius 1 is 0.594 bits per heavy atom. The number of carboxylic acid groups (broad SMARTS) is 4. The lowest BCUT2D eigenvalue weighted by Crippen LogP contribution is -2.50. The lowest BCUT2D eigenvalue weighted by Gasteiger charge is -2.30. The van der Waals surface area contributed by atoms with E-state index in [9.17, 15) is 44.4 Å². The van der Waals surface area contributed by atoms with E-state index in [4.69, 9.17) is 0 Å². The van der Waals surface area contributed by atoms with Gasteiger partial charge in [-0.2, -0.15) is 0 Å². The third-order valence-electron chi connectivity index (χ3n) is 4.35. The molecular formula is C19H30N4O9-4. The molecule has 13 heteroatoms. The van der Waals surface area contributed by atoms with Crippen LogP contribution in [-0.4, -0.2) is 110 Å². The standard InChI is InChI=1S/C19H34N4O9/c1-2-3-4-5-20-15(24)10-22(12-17(27)28)8-6-21(11-16(25)26)7-9-23(13-18(29)30)14-19(31)32/h2-14H2,1H3,(H,20,24)(H,25,26)(H,27,28)(H,29,30)(H,31,32)/p-4. The maximum Gasteiger partial charge on any atom is 0.234 e. The van der Waals surface area contributed by atoms with Crippen molar-refractivity contribution in [2.75, 3.05) is 65.4 Å². The molecule has 0 unspecified atom stereocenters. The fraction of sp³-hybridized carbons (Fsp3) is 0.737. The highest BCUT2D eigenvalue weighted by atomic mass is 16.4. The van der Waals surface area contributed by atoms with E-state index in [0.717, 1.165) is 24.2 Å². The van der Waals surface area contributed by atoms with Crippen LogP contribution in [0.3, 0.4) is 0 Å². The van der Waals surface area contributed by atoms with Gasteiger partial charge in [0.25, 0.3) is 0 Å². The molecule has 0 aromatic rings. The van der Waals surface area contributed by atoms with Crippen LogP contribution in [0.25, 0.3) is 0 Å². The number of rotatable bonds is 20. The molecule has 13 nitrogen and oxygen atoms in total. The van der Waals surface area contributed by atoms with E-state index in [0.29, 0.717) is 6.54 Å². The van der Waals surface area contributed by atoms with Gasteiger partial charge in [0.2, 0.25) is 5.91 Å². The molecule has 0 aromatic heterocycles. The van der Waals surface area contributed by atoms with Gasteiger partial charge in [-0.15, -0.1) is 0 Å². The van der Waals surface area contributed by atoms with Gasteiger partial charge >= 0.3 is 0 Å². The zero-order chi connectivity index (χ0) is 24.5. The molecule has 0 atom stereocenters. The zero-order valence-corrected chi connectivity index (χ0v) is 18.2. The largest absolute Gasteiger partial charge is 0.549 e. The maximum atomic E-state index is 12.0. The Labute approximate surface area is 186 Å². The minimum Gasteiger partial charge on any atom is -0.549 e. The summed E-state index contributed by atoms with van der Waals surface area (Å²) in [6.07, 6.45) is 2.70. The van der Waals surface area contributed by atoms with Gasteiger partial charge in [-0.1, -0.05) is 19.8 Å². The number of amides is 1. The highest BCUT2D eigenvalue weighted by Gasteiger charge is 2.15. The van der Waals surface area contributed by atoms with Gasteiger partial charge in [0.05, 0.1) is 30.4 Å². The first-order valence-electron chi connectivity index (χ1n) is 10.3. The van der Waals surface area contributed by atoms with Crippen molar-refractivity contribution in [2.45, 2.75) is 26.2 Å². The monoisotopic (exact) mass is 458 g/mol. The van der Waals surface area contributed by atoms with Crippen molar-refractivity contribution in [3.8, 4) is 0 Å². The summed E-state index contributed by atoms with van der Waals surface area (Å²) in [6.45, 7) is -0.474. The topological polar surface area (TPSA) is 199 Å². The lowest BCUT2D eigenvalue weighted by molar-refractivity contribution is -0.311. The summed E-state index contributed by atoms with van der Waals surface area (Å²) >= 11 is 0. The summed E-state index contributed by atoms with van der Waals surface area (Å²) in [5.41, 5.74) is 0. The van der Waals surface area contributed by atoms with Crippen molar-refractivity contribution >= 4 is 29.8 Å². The van der Waals surface area contributed by atoms with Gasteiger partial charge in [0, 0.05) is 58.9 Å². The number of carboxylic acids is 4. The molecular weight excluding hydrogens is 428 g/mol. The predicted molar refractivity (Wildman–Crippen MR) is 102 cm³/mol. The molecule has 0 rings (SSSR count). The molecule has 0 fully saturated rings. The summed E-state index contributed by atoms with van der Waals surface area (Å²) in [4.78, 5) is 59.1. The summed E-state index contributed by atoms with van der Waals surface area (Å²) in [5.74, 6) is -6.26. The summed E-state index contributed by atoms with van der Waals surface area (Å²) < 4.78 is 0. The number of carbonyl (C=O) groups excluding carboxylic acids is 5. The fourth-order valence-corrected chi connectivity index (χ4v) is 2.86. The molecule has 0 spiro atoms. The zero-order valence-electron chi connectivity index (χ0n) is 18.2. The Kier molecular flexibility index (Phi) is 15.4. The van der Waals surface area contributed by atoms with Crippen LogP contribution in [0.2, 0.25) is 0 Å². The molecule has 32 heavy (non-hydrogen) atoms. The van der Waals surface area contributed by atoms with E-state index >= 15 is 0 Å². The van der Waals surface area contributed by atoms with E-state index in [1.165, 1.54) is 9.80 Å². The Balaban J connectivity index is 4.89. The number of nitrogens with zero attached hydrogens (tertiary/aromatic N) is 3. The van der Waals surface area contributed by atoms with Crippen molar-refractivity contribution in [1.29, 1.82) is 0 Å². The first-order valence-corrected chi connectivity index (χ1v) is 10.3. The molecule has 0 saturated heterocycles. The number of carbonyl (C=O) groups is 5. The number of hydrogen-bond acceptors (Lipinski definition) is 12. The van der Waals surface area contributed by atoms with Crippen LogP contribution >= 0.6 is 0 Å². The van der Waals surface area contributed by atoms with Crippen molar-refractivity contribution in [3.05, 3.63) is 0 Å². The van der Waals surface area contributed by atoms with Crippen LogP contribution in [0.4, 0.5) is 0 Å². The van der Waals surface area contributed by atoms with Crippen LogP contribution in [-0.2, 0) is 24.0 Å². The van der Waals surface area contributed by atoms with Crippen molar-refractivity contribution < 1.29 is 44.4 Å². The fourth-order valence-electron chi connectivity index (χ4n) is 2.86. The molecule has 0 bridgehead atoms. The summed E-state index contributed by atoms with van der Waals surface area (Å²) in [7, 11) is 0. The average molecular weight is 458 g/mol. The lowest BCUT2D eigenvalue weighted by atomic mass is 10.2. The van der Waals surface area contributed by atoms with Crippen molar-refractivity contribution in [1.82, 2.24) is 20.0 Å². The van der Waals surface area contributed by atoms with Crippen molar-refractivity contribution in [2.24, 2.45) is 0 Å². The minimum absolute atomic E-state index is 0.00510. The molecule has 0 radical (unpaired) electrons. The van der Waals surface area contributed by atoms with Crippen LogP contribution in [0.15, 0.2) is 0 Å². The third-order valence-corrected chi connectivity index (χ3v) is 4.35.